The van der Waals surface area contributed by atoms with Crippen LogP contribution >= 0.6 is 0 Å². The van der Waals surface area contributed by atoms with Crippen molar-refractivity contribution in [1.29, 1.82) is 0 Å². The summed E-state index contributed by atoms with van der Waals surface area (Å²) in [6, 6.07) is 3.85. The fourth-order valence-electron chi connectivity index (χ4n) is 1.56. The van der Waals surface area contributed by atoms with Gasteiger partial charge in [0.25, 0.3) is 0 Å². The second-order valence-electron chi connectivity index (χ2n) is 3.81. The van der Waals surface area contributed by atoms with Crippen molar-refractivity contribution >= 4 is 23.0 Å². The highest BCUT2D eigenvalue weighted by Gasteiger charge is 2.16. The summed E-state index contributed by atoms with van der Waals surface area (Å²) >= 11 is 0. The molecule has 0 saturated carbocycles. The largest absolute Gasteiger partial charge is 0.480 e. The van der Waals surface area contributed by atoms with E-state index in [4.69, 9.17) is 5.11 Å². The number of nitrogens with zero attached hydrogens (tertiary/aromatic N) is 2. The summed E-state index contributed by atoms with van der Waals surface area (Å²) in [6.07, 6.45) is 0. The number of aromatic nitrogens is 2. The van der Waals surface area contributed by atoms with Gasteiger partial charge in [-0.3, -0.25) is 4.79 Å². The number of aliphatic carboxylic acids is 1. The summed E-state index contributed by atoms with van der Waals surface area (Å²) in [5, 5.41) is 11.5. The molecule has 0 aliphatic rings. The quantitative estimate of drug-likeness (QED) is 0.850. The predicted molar refractivity (Wildman–Crippen MR) is 61.4 cm³/mol. The Morgan fingerprint density at radius 2 is 2.29 bits per heavy atom. The molecule has 1 unspecified atom stereocenters. The summed E-state index contributed by atoms with van der Waals surface area (Å²) < 4.78 is 15.1. The lowest BCUT2D eigenvalue weighted by Crippen LogP contribution is -2.26. The lowest BCUT2D eigenvalue weighted by molar-refractivity contribution is -0.137. The Hall–Kier alpha value is -2.11. The van der Waals surface area contributed by atoms with Crippen LogP contribution in [0.2, 0.25) is 0 Å². The van der Waals surface area contributed by atoms with Gasteiger partial charge in [-0.1, -0.05) is 6.07 Å². The number of benzene rings is 1. The molecule has 1 heterocycles. The van der Waals surface area contributed by atoms with Crippen molar-refractivity contribution in [2.24, 2.45) is 7.05 Å². The Bertz CT molecular complexity index is 579. The van der Waals surface area contributed by atoms with E-state index < -0.39 is 17.8 Å². The lowest BCUT2D eigenvalue weighted by Gasteiger charge is -2.09. The van der Waals surface area contributed by atoms with Gasteiger partial charge in [-0.05, 0) is 19.1 Å². The van der Waals surface area contributed by atoms with Gasteiger partial charge >= 0.3 is 5.97 Å². The van der Waals surface area contributed by atoms with Gasteiger partial charge in [-0.15, -0.1) is 0 Å². The maximum atomic E-state index is 13.5. The average molecular weight is 237 g/mol. The van der Waals surface area contributed by atoms with Gasteiger partial charge in [-0.25, -0.2) is 9.37 Å². The first-order valence-corrected chi connectivity index (χ1v) is 5.11. The van der Waals surface area contributed by atoms with Crippen LogP contribution < -0.4 is 5.32 Å². The second kappa shape index (κ2) is 4.04. The third-order valence-electron chi connectivity index (χ3n) is 2.58. The molecule has 0 aliphatic heterocycles. The first-order valence-electron chi connectivity index (χ1n) is 5.11. The number of para-hydroxylation sites is 1. The standard InChI is InChI=1S/C11H12FN3O2/c1-6(10(16)17)13-11-14-9-7(12)4-3-5-8(9)15(11)2/h3-6H,1-2H3,(H,13,14)(H,16,17). The first-order chi connectivity index (χ1) is 8.00. The molecule has 0 bridgehead atoms. The van der Waals surface area contributed by atoms with Crippen LogP contribution in [-0.2, 0) is 11.8 Å². The van der Waals surface area contributed by atoms with Crippen LogP contribution in [0.3, 0.4) is 0 Å². The minimum absolute atomic E-state index is 0.232. The maximum absolute atomic E-state index is 13.5. The van der Waals surface area contributed by atoms with E-state index in [0.717, 1.165) is 0 Å². The molecule has 6 heteroatoms. The van der Waals surface area contributed by atoms with Crippen molar-refractivity contribution in [3.05, 3.63) is 24.0 Å². The van der Waals surface area contributed by atoms with Crippen molar-refractivity contribution in [1.82, 2.24) is 9.55 Å². The van der Waals surface area contributed by atoms with Crippen LogP contribution in [0.5, 0.6) is 0 Å². The van der Waals surface area contributed by atoms with Crippen molar-refractivity contribution in [2.45, 2.75) is 13.0 Å². The zero-order chi connectivity index (χ0) is 12.6. The fourth-order valence-corrected chi connectivity index (χ4v) is 1.56. The number of fused-ring (bicyclic) bond motifs is 1. The molecule has 2 rings (SSSR count). The molecule has 0 aliphatic carbocycles. The Balaban J connectivity index is 2.46. The van der Waals surface area contributed by atoms with E-state index in [1.807, 2.05) is 0 Å². The zero-order valence-electron chi connectivity index (χ0n) is 9.44. The summed E-state index contributed by atoms with van der Waals surface area (Å²) in [5.74, 6) is -1.08. The maximum Gasteiger partial charge on any atom is 0.325 e. The highest BCUT2D eigenvalue weighted by Crippen LogP contribution is 2.20. The molecule has 1 atom stereocenters. The molecular formula is C11H12FN3O2. The van der Waals surface area contributed by atoms with E-state index in [1.54, 1.807) is 23.7 Å². The summed E-state index contributed by atoms with van der Waals surface area (Å²) in [5.41, 5.74) is 0.847. The number of hydrogen-bond donors (Lipinski definition) is 2. The highest BCUT2D eigenvalue weighted by atomic mass is 19.1. The zero-order valence-corrected chi connectivity index (χ0v) is 9.44. The number of rotatable bonds is 3. The van der Waals surface area contributed by atoms with E-state index in [1.165, 1.54) is 13.0 Å². The SMILES string of the molecule is CC(Nc1nc2c(F)cccc2n1C)C(=O)O. The number of carboxylic acid groups (broad SMARTS) is 1. The number of anilines is 1. The van der Waals surface area contributed by atoms with Crippen LogP contribution in [0.25, 0.3) is 11.0 Å². The van der Waals surface area contributed by atoms with Gasteiger partial charge in [0.1, 0.15) is 11.6 Å². The monoisotopic (exact) mass is 237 g/mol. The van der Waals surface area contributed by atoms with Gasteiger partial charge in [-0.2, -0.15) is 0 Å². The second-order valence-corrected chi connectivity index (χ2v) is 3.81. The number of carboxylic acids is 1. The predicted octanol–water partition coefficient (Wildman–Crippen LogP) is 1.60. The van der Waals surface area contributed by atoms with E-state index in [-0.39, 0.29) is 5.52 Å². The number of nitrogens with one attached hydrogen (secondary N) is 1. The van der Waals surface area contributed by atoms with Gasteiger partial charge < -0.3 is 15.0 Å². The molecule has 5 nitrogen and oxygen atoms in total. The van der Waals surface area contributed by atoms with Crippen LogP contribution in [-0.4, -0.2) is 26.7 Å². The van der Waals surface area contributed by atoms with Crippen LogP contribution in [0, 0.1) is 5.82 Å². The highest BCUT2D eigenvalue weighted by molar-refractivity contribution is 5.81. The molecule has 0 radical (unpaired) electrons. The Morgan fingerprint density at radius 3 is 2.88 bits per heavy atom. The van der Waals surface area contributed by atoms with Crippen LogP contribution in [0.15, 0.2) is 18.2 Å². The topological polar surface area (TPSA) is 67.2 Å². The van der Waals surface area contributed by atoms with Crippen LogP contribution in [0.4, 0.5) is 10.3 Å². The Kier molecular flexibility index (Phi) is 2.71. The van der Waals surface area contributed by atoms with Gasteiger partial charge in [0.05, 0.1) is 5.52 Å². The summed E-state index contributed by atoms with van der Waals surface area (Å²) in [6.45, 7) is 1.50. The number of halogens is 1. The number of hydrogen-bond acceptors (Lipinski definition) is 3. The molecule has 0 fully saturated rings. The summed E-state index contributed by atoms with van der Waals surface area (Å²) in [7, 11) is 1.70. The molecule has 2 N–H and O–H groups in total. The smallest absolute Gasteiger partial charge is 0.325 e. The van der Waals surface area contributed by atoms with Crippen molar-refractivity contribution in [3.63, 3.8) is 0 Å². The molecule has 0 saturated heterocycles. The van der Waals surface area contributed by atoms with E-state index >= 15 is 0 Å². The van der Waals surface area contributed by atoms with Gasteiger partial charge in [0.15, 0.2) is 5.82 Å². The van der Waals surface area contributed by atoms with Gasteiger partial charge in [0.2, 0.25) is 5.95 Å². The Morgan fingerprint density at radius 1 is 1.59 bits per heavy atom. The Labute approximate surface area is 96.9 Å². The number of carbonyl (C=O) groups is 1. The van der Waals surface area contributed by atoms with E-state index in [9.17, 15) is 9.18 Å². The minimum atomic E-state index is -0.988. The van der Waals surface area contributed by atoms with Gasteiger partial charge in [0, 0.05) is 7.05 Å². The normalized spacial score (nSPS) is 12.6. The minimum Gasteiger partial charge on any atom is -0.480 e. The third kappa shape index (κ3) is 1.93. The first kappa shape index (κ1) is 11.4. The van der Waals surface area contributed by atoms with Crippen molar-refractivity contribution in [3.8, 4) is 0 Å². The third-order valence-corrected chi connectivity index (χ3v) is 2.58. The summed E-state index contributed by atoms with van der Waals surface area (Å²) in [4.78, 5) is 14.8. The van der Waals surface area contributed by atoms with Crippen molar-refractivity contribution < 1.29 is 14.3 Å². The average Bonchev–Trinajstić information content (AvgIpc) is 2.58. The van der Waals surface area contributed by atoms with Crippen molar-refractivity contribution in [2.75, 3.05) is 5.32 Å². The molecule has 0 spiro atoms. The van der Waals surface area contributed by atoms with E-state index in [2.05, 4.69) is 10.3 Å². The number of imidazole rings is 1. The lowest BCUT2D eigenvalue weighted by atomic mass is 10.3. The molecular weight excluding hydrogens is 225 g/mol. The molecule has 1 aromatic heterocycles. The molecule has 90 valence electrons. The molecule has 2 aromatic rings. The fraction of sp³-hybridized carbons (Fsp3) is 0.273. The molecule has 1 aromatic carbocycles. The number of aryl methyl sites for hydroxylation is 1. The van der Waals surface area contributed by atoms with E-state index in [0.29, 0.717) is 11.5 Å². The molecule has 17 heavy (non-hydrogen) atoms. The molecule has 0 amide bonds. The van der Waals surface area contributed by atoms with Crippen LogP contribution in [0.1, 0.15) is 6.92 Å².